The molecule has 2 aromatic carbocycles. The van der Waals surface area contributed by atoms with Gasteiger partial charge >= 0.3 is 0 Å². The summed E-state index contributed by atoms with van der Waals surface area (Å²) in [6.07, 6.45) is 1.19. The zero-order valence-corrected chi connectivity index (χ0v) is 24.2. The van der Waals surface area contributed by atoms with Crippen LogP contribution in [-0.4, -0.2) is 32.9 Å². The van der Waals surface area contributed by atoms with E-state index in [2.05, 4.69) is 42.0 Å². The zero-order valence-electron chi connectivity index (χ0n) is 21.8. The highest BCUT2D eigenvalue weighted by Crippen LogP contribution is 2.48. The molecule has 200 valence electrons. The fraction of sp³-hybridized carbons (Fsp3) is 0.393. The maximum absolute atomic E-state index is 14.2. The van der Waals surface area contributed by atoms with Gasteiger partial charge in [-0.05, 0) is 64.2 Å². The summed E-state index contributed by atoms with van der Waals surface area (Å²) in [6, 6.07) is 9.85. The SMILES string of the molecule is CCOc1cc(C2C3=C(CC(C)(C)CC3=O)Nc3nc(SCC)nn32)cc(Br)c1OCc1ccccc1F. The molecule has 1 aliphatic carbocycles. The van der Waals surface area contributed by atoms with Crippen LogP contribution in [0.2, 0.25) is 0 Å². The number of halogens is 2. The number of aromatic nitrogens is 3. The molecule has 0 fully saturated rings. The molecule has 1 unspecified atom stereocenters. The highest BCUT2D eigenvalue weighted by Gasteiger charge is 2.42. The van der Waals surface area contributed by atoms with Gasteiger partial charge in [-0.3, -0.25) is 4.79 Å². The third-order valence-electron chi connectivity index (χ3n) is 6.56. The van der Waals surface area contributed by atoms with Gasteiger partial charge in [0.2, 0.25) is 11.1 Å². The number of ketones is 1. The molecule has 1 aliphatic heterocycles. The van der Waals surface area contributed by atoms with Crippen LogP contribution >= 0.6 is 27.7 Å². The number of thioether (sulfide) groups is 1. The second-order valence-electron chi connectivity index (χ2n) is 10.1. The number of carbonyl (C=O) groups excluding carboxylic acids is 1. The fourth-order valence-electron chi connectivity index (χ4n) is 5.00. The van der Waals surface area contributed by atoms with Gasteiger partial charge in [-0.25, -0.2) is 9.07 Å². The number of nitrogens with one attached hydrogen (secondary N) is 1. The lowest BCUT2D eigenvalue weighted by Gasteiger charge is -2.38. The van der Waals surface area contributed by atoms with Gasteiger partial charge < -0.3 is 14.8 Å². The second kappa shape index (κ2) is 10.7. The van der Waals surface area contributed by atoms with E-state index in [4.69, 9.17) is 19.6 Å². The van der Waals surface area contributed by atoms with Gasteiger partial charge in [0, 0.05) is 23.3 Å². The van der Waals surface area contributed by atoms with E-state index in [0.717, 1.165) is 23.4 Å². The molecule has 3 aromatic rings. The van der Waals surface area contributed by atoms with E-state index in [1.807, 2.05) is 19.1 Å². The Morgan fingerprint density at radius 1 is 1.21 bits per heavy atom. The van der Waals surface area contributed by atoms with E-state index in [9.17, 15) is 9.18 Å². The van der Waals surface area contributed by atoms with Crippen molar-refractivity contribution in [1.29, 1.82) is 0 Å². The average molecular weight is 602 g/mol. The Kier molecular flexibility index (Phi) is 7.55. The van der Waals surface area contributed by atoms with Crippen LogP contribution in [0.1, 0.15) is 57.7 Å². The fourth-order valence-corrected chi connectivity index (χ4v) is 6.13. The van der Waals surface area contributed by atoms with E-state index < -0.39 is 6.04 Å². The molecule has 2 heterocycles. The van der Waals surface area contributed by atoms with Gasteiger partial charge in [-0.2, -0.15) is 4.98 Å². The molecule has 1 aromatic heterocycles. The van der Waals surface area contributed by atoms with Crippen LogP contribution in [0.15, 0.2) is 57.3 Å². The van der Waals surface area contributed by atoms with E-state index in [-0.39, 0.29) is 23.6 Å². The van der Waals surface area contributed by atoms with Gasteiger partial charge in [0.1, 0.15) is 18.5 Å². The third-order valence-corrected chi connectivity index (χ3v) is 7.87. The Hall–Kier alpha value is -2.85. The quantitative estimate of drug-likeness (QED) is 0.281. The van der Waals surface area contributed by atoms with Crippen LogP contribution in [-0.2, 0) is 11.4 Å². The summed E-state index contributed by atoms with van der Waals surface area (Å²) in [6.45, 7) is 8.61. The number of benzene rings is 2. The van der Waals surface area contributed by atoms with Gasteiger partial charge in [-0.15, -0.1) is 5.10 Å². The highest BCUT2D eigenvalue weighted by molar-refractivity contribution is 9.10. The molecule has 1 N–H and O–H groups in total. The number of allylic oxidation sites excluding steroid dienone is 2. The zero-order chi connectivity index (χ0) is 27.0. The van der Waals surface area contributed by atoms with Crippen molar-refractivity contribution < 1.29 is 18.7 Å². The third kappa shape index (κ3) is 5.20. The number of ether oxygens (including phenoxy) is 2. The van der Waals surface area contributed by atoms with E-state index >= 15 is 0 Å². The summed E-state index contributed by atoms with van der Waals surface area (Å²) >= 11 is 5.20. The van der Waals surface area contributed by atoms with Crippen molar-refractivity contribution in [2.24, 2.45) is 5.41 Å². The molecule has 0 bridgehead atoms. The number of anilines is 1. The summed E-state index contributed by atoms with van der Waals surface area (Å²) < 4.78 is 28.7. The predicted octanol–water partition coefficient (Wildman–Crippen LogP) is 6.93. The van der Waals surface area contributed by atoms with Crippen LogP contribution in [0.25, 0.3) is 0 Å². The molecule has 0 saturated carbocycles. The Balaban J connectivity index is 1.59. The van der Waals surface area contributed by atoms with E-state index in [1.165, 1.54) is 6.07 Å². The van der Waals surface area contributed by atoms with Crippen molar-refractivity contribution in [3.63, 3.8) is 0 Å². The molecule has 1 atom stereocenters. The summed E-state index contributed by atoms with van der Waals surface area (Å²) in [5.74, 6) is 2.19. The highest BCUT2D eigenvalue weighted by atomic mass is 79.9. The van der Waals surface area contributed by atoms with Gasteiger partial charge in [-0.1, -0.05) is 50.7 Å². The van der Waals surface area contributed by atoms with Gasteiger partial charge in [0.15, 0.2) is 17.3 Å². The lowest BCUT2D eigenvalue weighted by Crippen LogP contribution is -2.36. The van der Waals surface area contributed by atoms with Crippen molar-refractivity contribution in [2.45, 2.75) is 58.3 Å². The molecule has 10 heteroatoms. The summed E-state index contributed by atoms with van der Waals surface area (Å²) in [5, 5.41) is 8.82. The molecule has 7 nitrogen and oxygen atoms in total. The standard InChI is InChI=1S/C28H30BrFN4O3S/c1-5-36-22-12-17(11-18(29)25(22)37-15-16-9-7-8-10-19(16)30)24-23-20(13-28(3,4)14-21(23)35)31-26-32-27(38-6-2)33-34(24)26/h7-12,24H,5-6,13-15H2,1-4H3,(H,31,32,33). The average Bonchev–Trinajstić information content (AvgIpc) is 3.24. The normalized spacial score (nSPS) is 18.1. The number of nitrogens with zero attached hydrogens (tertiary/aromatic N) is 3. The minimum atomic E-state index is -0.473. The van der Waals surface area contributed by atoms with Crippen LogP contribution in [0.3, 0.4) is 0 Å². The summed E-state index contributed by atoms with van der Waals surface area (Å²) in [7, 11) is 0. The molecule has 0 radical (unpaired) electrons. The second-order valence-corrected chi connectivity index (χ2v) is 12.2. The number of hydrogen-bond donors (Lipinski definition) is 1. The molecule has 5 rings (SSSR count). The molecule has 0 spiro atoms. The van der Waals surface area contributed by atoms with Crippen LogP contribution in [0, 0.1) is 11.2 Å². The van der Waals surface area contributed by atoms with Crippen molar-refractivity contribution in [2.75, 3.05) is 17.7 Å². The Labute approximate surface area is 234 Å². The van der Waals surface area contributed by atoms with Crippen LogP contribution in [0.4, 0.5) is 10.3 Å². The maximum Gasteiger partial charge on any atom is 0.227 e. The van der Waals surface area contributed by atoms with Crippen LogP contribution in [0.5, 0.6) is 11.5 Å². The number of rotatable bonds is 8. The molecule has 0 amide bonds. The number of Topliss-reactive ketones (excluding diaryl/α,β-unsaturated/α-hetero) is 1. The Morgan fingerprint density at radius 2 is 2.00 bits per heavy atom. The molecular formula is C28H30BrFN4O3S. The van der Waals surface area contributed by atoms with E-state index in [0.29, 0.717) is 51.2 Å². The van der Waals surface area contributed by atoms with Crippen LogP contribution < -0.4 is 14.8 Å². The van der Waals surface area contributed by atoms with Gasteiger partial charge in [0.25, 0.3) is 0 Å². The lowest BCUT2D eigenvalue weighted by atomic mass is 9.73. The van der Waals surface area contributed by atoms with Crippen molar-refractivity contribution in [3.8, 4) is 11.5 Å². The van der Waals surface area contributed by atoms with Crippen molar-refractivity contribution in [1.82, 2.24) is 14.8 Å². The van der Waals surface area contributed by atoms with Gasteiger partial charge in [0.05, 0.1) is 11.1 Å². The lowest BCUT2D eigenvalue weighted by molar-refractivity contribution is -0.118. The topological polar surface area (TPSA) is 78.3 Å². The molecular weight excluding hydrogens is 571 g/mol. The van der Waals surface area contributed by atoms with E-state index in [1.54, 1.807) is 34.6 Å². The molecule has 2 aliphatic rings. The molecule has 0 saturated heterocycles. The minimum absolute atomic E-state index is 0.0474. The minimum Gasteiger partial charge on any atom is -0.490 e. The molecule has 38 heavy (non-hydrogen) atoms. The first-order chi connectivity index (χ1) is 18.2. The van der Waals surface area contributed by atoms with Crippen molar-refractivity contribution in [3.05, 3.63) is 69.1 Å². The first-order valence-electron chi connectivity index (χ1n) is 12.7. The Bertz CT molecular complexity index is 1420. The smallest absolute Gasteiger partial charge is 0.227 e. The number of fused-ring (bicyclic) bond motifs is 1. The summed E-state index contributed by atoms with van der Waals surface area (Å²) in [5.41, 5.74) is 2.70. The monoisotopic (exact) mass is 600 g/mol. The Morgan fingerprint density at radius 3 is 2.74 bits per heavy atom. The number of hydrogen-bond acceptors (Lipinski definition) is 7. The summed E-state index contributed by atoms with van der Waals surface area (Å²) in [4.78, 5) is 18.3. The first kappa shape index (κ1) is 26.7. The first-order valence-corrected chi connectivity index (χ1v) is 14.4. The van der Waals surface area contributed by atoms with Crippen molar-refractivity contribution >= 4 is 39.4 Å². The number of carbonyl (C=O) groups is 1. The predicted molar refractivity (Wildman–Crippen MR) is 149 cm³/mol. The largest absolute Gasteiger partial charge is 0.490 e. The maximum atomic E-state index is 14.2.